The van der Waals surface area contributed by atoms with E-state index in [2.05, 4.69) is 0 Å². The molecule has 7 heteroatoms. The Morgan fingerprint density at radius 1 is 1.20 bits per heavy atom. The first kappa shape index (κ1) is 16.4. The molecule has 0 aliphatic carbocycles. The van der Waals surface area contributed by atoms with E-state index >= 15 is 0 Å². The van der Waals surface area contributed by atoms with Gasteiger partial charge >= 0.3 is 17.9 Å². The zero-order valence-electron chi connectivity index (χ0n) is 12.1. The molecule has 7 nitrogen and oxygen atoms in total. The second kappa shape index (κ2) is 6.69. The van der Waals surface area contributed by atoms with E-state index in [1.54, 1.807) is 13.8 Å². The Bertz CT molecular complexity index is 392. The van der Waals surface area contributed by atoms with Gasteiger partial charge in [0.05, 0.1) is 13.2 Å². The van der Waals surface area contributed by atoms with Crippen molar-refractivity contribution >= 4 is 17.9 Å². The minimum Gasteiger partial charge on any atom is -0.465 e. The molecule has 114 valence electrons. The van der Waals surface area contributed by atoms with Crippen LogP contribution in [0.3, 0.4) is 0 Å². The Kier molecular flexibility index (Phi) is 5.50. The number of carbonyl (C=O) groups is 3. The molecule has 1 saturated heterocycles. The molecule has 1 heterocycles. The fourth-order valence-electron chi connectivity index (χ4n) is 2.08. The lowest BCUT2D eigenvalue weighted by Crippen LogP contribution is -2.43. The lowest BCUT2D eigenvalue weighted by atomic mass is 9.83. The van der Waals surface area contributed by atoms with Gasteiger partial charge in [-0.15, -0.1) is 0 Å². The first-order valence-corrected chi connectivity index (χ1v) is 6.51. The average Bonchev–Trinajstić information content (AvgIpc) is 2.67. The van der Waals surface area contributed by atoms with Gasteiger partial charge in [0.2, 0.25) is 6.29 Å². The van der Waals surface area contributed by atoms with E-state index in [1.165, 1.54) is 13.8 Å². The maximum absolute atomic E-state index is 12.1. The van der Waals surface area contributed by atoms with Gasteiger partial charge in [-0.25, -0.2) is 4.79 Å². The molecule has 0 aromatic heterocycles. The molecule has 0 spiro atoms. The molecule has 0 amide bonds. The smallest absolute Gasteiger partial charge is 0.336 e. The second-order valence-electron chi connectivity index (χ2n) is 4.65. The first-order valence-electron chi connectivity index (χ1n) is 6.51. The van der Waals surface area contributed by atoms with Gasteiger partial charge < -0.3 is 18.9 Å². The van der Waals surface area contributed by atoms with E-state index < -0.39 is 35.7 Å². The van der Waals surface area contributed by atoms with Crippen molar-refractivity contribution in [3.63, 3.8) is 0 Å². The number of hydrogen-bond donors (Lipinski definition) is 0. The van der Waals surface area contributed by atoms with Crippen LogP contribution in [0, 0.1) is 5.41 Å². The summed E-state index contributed by atoms with van der Waals surface area (Å²) in [5.74, 6) is -1.80. The fraction of sp³-hybridized carbons (Fsp3) is 0.769. The van der Waals surface area contributed by atoms with Crippen molar-refractivity contribution in [2.45, 2.75) is 46.5 Å². The van der Waals surface area contributed by atoms with Gasteiger partial charge in [-0.3, -0.25) is 9.59 Å². The van der Waals surface area contributed by atoms with E-state index in [9.17, 15) is 14.4 Å². The zero-order valence-corrected chi connectivity index (χ0v) is 12.1. The maximum Gasteiger partial charge on any atom is 0.336 e. The normalized spacial score (nSPS) is 28.8. The largest absolute Gasteiger partial charge is 0.465 e. The summed E-state index contributed by atoms with van der Waals surface area (Å²) in [6.45, 7) is 6.43. The molecule has 1 fully saturated rings. The predicted octanol–water partition coefficient (Wildman–Crippen LogP) is 0.797. The van der Waals surface area contributed by atoms with Crippen LogP contribution in [-0.2, 0) is 33.3 Å². The quantitative estimate of drug-likeness (QED) is 0.546. The van der Waals surface area contributed by atoms with E-state index in [0.717, 1.165) is 0 Å². The van der Waals surface area contributed by atoms with E-state index in [4.69, 9.17) is 18.9 Å². The maximum atomic E-state index is 12.1. The number of carbonyl (C=O) groups excluding carboxylic acids is 3. The van der Waals surface area contributed by atoms with Crippen LogP contribution in [0.15, 0.2) is 0 Å². The molecule has 0 aromatic carbocycles. The predicted molar refractivity (Wildman–Crippen MR) is 66.4 cm³/mol. The van der Waals surface area contributed by atoms with Crippen molar-refractivity contribution in [1.29, 1.82) is 0 Å². The third-order valence-electron chi connectivity index (χ3n) is 3.00. The van der Waals surface area contributed by atoms with Gasteiger partial charge in [0.15, 0.2) is 6.10 Å². The van der Waals surface area contributed by atoms with Crippen molar-refractivity contribution in [2.24, 2.45) is 5.41 Å². The highest BCUT2D eigenvalue weighted by molar-refractivity contribution is 5.87. The molecule has 0 radical (unpaired) electrons. The molecule has 0 aromatic rings. The van der Waals surface area contributed by atoms with Crippen molar-refractivity contribution in [1.82, 2.24) is 0 Å². The third kappa shape index (κ3) is 3.47. The number of rotatable bonds is 5. The van der Waals surface area contributed by atoms with Crippen molar-refractivity contribution in [3.05, 3.63) is 0 Å². The van der Waals surface area contributed by atoms with Crippen molar-refractivity contribution < 1.29 is 33.3 Å². The van der Waals surface area contributed by atoms with Crippen LogP contribution in [0.2, 0.25) is 0 Å². The zero-order chi connectivity index (χ0) is 15.3. The van der Waals surface area contributed by atoms with Crippen LogP contribution in [0.25, 0.3) is 0 Å². The van der Waals surface area contributed by atoms with Crippen LogP contribution < -0.4 is 0 Å². The molecule has 0 saturated carbocycles. The molecule has 0 N–H and O–H groups in total. The Balaban J connectivity index is 2.93. The molecular formula is C13H20O7. The monoisotopic (exact) mass is 288 g/mol. The molecule has 1 rings (SSSR count). The lowest BCUT2D eigenvalue weighted by molar-refractivity contribution is -0.186. The topological polar surface area (TPSA) is 88.1 Å². The minimum atomic E-state index is -1.23. The lowest BCUT2D eigenvalue weighted by Gasteiger charge is -2.25. The minimum absolute atomic E-state index is 0.0505. The van der Waals surface area contributed by atoms with Gasteiger partial charge in [-0.05, 0) is 20.8 Å². The van der Waals surface area contributed by atoms with Crippen molar-refractivity contribution in [3.8, 4) is 0 Å². The molecule has 1 aliphatic heterocycles. The SMILES string of the molecule is CCOC(=O)[C@@H]1O[C@H](OC(C)=O)C[C@@]1(C)C(=O)OCC. The van der Waals surface area contributed by atoms with E-state index in [0.29, 0.717) is 0 Å². The highest BCUT2D eigenvalue weighted by atomic mass is 16.7. The summed E-state index contributed by atoms with van der Waals surface area (Å²) < 4.78 is 20.1. The summed E-state index contributed by atoms with van der Waals surface area (Å²) >= 11 is 0. The molecule has 3 atom stereocenters. The van der Waals surface area contributed by atoms with Crippen molar-refractivity contribution in [2.75, 3.05) is 13.2 Å². The average molecular weight is 288 g/mol. The van der Waals surface area contributed by atoms with E-state index in [-0.39, 0.29) is 19.6 Å². The van der Waals surface area contributed by atoms with Crippen LogP contribution >= 0.6 is 0 Å². The number of esters is 3. The molecule has 20 heavy (non-hydrogen) atoms. The Hall–Kier alpha value is -1.63. The molecule has 0 bridgehead atoms. The summed E-state index contributed by atoms with van der Waals surface area (Å²) in [6.07, 6.45) is -2.06. The fourth-order valence-corrected chi connectivity index (χ4v) is 2.08. The molecule has 0 unspecified atom stereocenters. The van der Waals surface area contributed by atoms with E-state index in [1.807, 2.05) is 0 Å². The van der Waals surface area contributed by atoms with Gasteiger partial charge in [-0.2, -0.15) is 0 Å². The summed E-state index contributed by atoms with van der Waals surface area (Å²) in [5, 5.41) is 0. The standard InChI is InChI=1S/C13H20O7/c1-5-17-11(15)10-13(4,12(16)18-6-2)7-9(20-10)19-8(3)14/h9-10H,5-7H2,1-4H3/t9-,10-,13+/m0/s1. The van der Waals surface area contributed by atoms with Gasteiger partial charge in [0.25, 0.3) is 0 Å². The van der Waals surface area contributed by atoms with Gasteiger partial charge in [0, 0.05) is 13.3 Å². The third-order valence-corrected chi connectivity index (χ3v) is 3.00. The summed E-state index contributed by atoms with van der Waals surface area (Å²) in [4.78, 5) is 34.9. The summed E-state index contributed by atoms with van der Waals surface area (Å²) in [7, 11) is 0. The van der Waals surface area contributed by atoms with Gasteiger partial charge in [0.1, 0.15) is 5.41 Å². The molecule has 1 aliphatic rings. The number of hydrogen-bond acceptors (Lipinski definition) is 7. The first-order chi connectivity index (χ1) is 9.35. The highest BCUT2D eigenvalue weighted by Gasteiger charge is 2.56. The van der Waals surface area contributed by atoms with Crippen LogP contribution in [0.5, 0.6) is 0 Å². The summed E-state index contributed by atoms with van der Waals surface area (Å²) in [6, 6.07) is 0. The summed E-state index contributed by atoms with van der Waals surface area (Å²) in [5.41, 5.74) is -1.23. The highest BCUT2D eigenvalue weighted by Crippen LogP contribution is 2.40. The molecular weight excluding hydrogens is 268 g/mol. The Morgan fingerprint density at radius 2 is 1.80 bits per heavy atom. The second-order valence-corrected chi connectivity index (χ2v) is 4.65. The Labute approximate surface area is 117 Å². The van der Waals surface area contributed by atoms with Crippen LogP contribution in [0.1, 0.15) is 34.1 Å². The Morgan fingerprint density at radius 3 is 2.30 bits per heavy atom. The van der Waals surface area contributed by atoms with Crippen LogP contribution in [-0.4, -0.2) is 43.5 Å². The van der Waals surface area contributed by atoms with Gasteiger partial charge in [-0.1, -0.05) is 0 Å². The van der Waals surface area contributed by atoms with Crippen LogP contribution in [0.4, 0.5) is 0 Å². The number of ether oxygens (including phenoxy) is 4.